The molecule has 2 aromatic heterocycles. The lowest BCUT2D eigenvalue weighted by atomic mass is 9.84. The Labute approximate surface area is 157 Å². The number of aromatic nitrogens is 4. The summed E-state index contributed by atoms with van der Waals surface area (Å²) < 4.78 is 1.93. The number of benzene rings is 1. The van der Waals surface area contributed by atoms with Crippen LogP contribution in [0.15, 0.2) is 71.3 Å². The predicted molar refractivity (Wildman–Crippen MR) is 106 cm³/mol. The molecule has 0 amide bonds. The van der Waals surface area contributed by atoms with Crippen molar-refractivity contribution in [3.8, 4) is 0 Å². The van der Waals surface area contributed by atoms with Gasteiger partial charge in [0.25, 0.3) is 0 Å². The van der Waals surface area contributed by atoms with Gasteiger partial charge in [-0.15, -0.1) is 0 Å². The second-order valence-corrected chi connectivity index (χ2v) is 6.95. The second kappa shape index (κ2) is 6.79. The maximum Gasteiger partial charge on any atom is 0.0693 e. The maximum absolute atomic E-state index is 4.78. The maximum atomic E-state index is 4.78. The quantitative estimate of drug-likeness (QED) is 0.763. The minimum Gasteiger partial charge on any atom is -0.287 e. The average Bonchev–Trinajstić information content (AvgIpc) is 3.45. The lowest BCUT2D eigenvalue weighted by Crippen LogP contribution is -2.29. The van der Waals surface area contributed by atoms with E-state index >= 15 is 0 Å². The number of hydrogen-bond acceptors (Lipinski definition) is 4. The van der Waals surface area contributed by atoms with Crippen molar-refractivity contribution in [1.82, 2.24) is 20.0 Å². The Hall–Kier alpha value is -3.28. The van der Waals surface area contributed by atoms with Gasteiger partial charge < -0.3 is 0 Å². The zero-order valence-electron chi connectivity index (χ0n) is 14.9. The van der Waals surface area contributed by atoms with Gasteiger partial charge in [0.2, 0.25) is 0 Å². The fraction of sp³-hybridized carbons (Fsp3) is 0.238. The molecule has 4 heterocycles. The van der Waals surface area contributed by atoms with E-state index in [9.17, 15) is 0 Å². The molecular weight excluding hydrogens is 336 g/mol. The van der Waals surface area contributed by atoms with Gasteiger partial charge >= 0.3 is 0 Å². The van der Waals surface area contributed by atoms with E-state index in [4.69, 9.17) is 9.98 Å². The van der Waals surface area contributed by atoms with E-state index in [0.717, 1.165) is 42.9 Å². The zero-order chi connectivity index (χ0) is 18.1. The molecule has 0 radical (unpaired) electrons. The number of allylic oxidation sites excluding steroid dienone is 1. The van der Waals surface area contributed by atoms with E-state index < -0.39 is 0 Å². The number of nitrogens with zero attached hydrogens (tertiary/aromatic N) is 5. The minimum atomic E-state index is 0.342. The van der Waals surface area contributed by atoms with Gasteiger partial charge in [-0.05, 0) is 29.2 Å². The normalized spacial score (nSPS) is 18.7. The SMILES string of the molecule is C1=C(c2cn[nH]c2)[C@@H]2CCN=C(Cc3ccc(Cn4cccn4)cc3)C2=N1. The van der Waals surface area contributed by atoms with Gasteiger partial charge in [0.1, 0.15) is 0 Å². The molecule has 0 saturated heterocycles. The molecule has 27 heavy (non-hydrogen) atoms. The molecule has 6 nitrogen and oxygen atoms in total. The molecule has 6 heteroatoms. The van der Waals surface area contributed by atoms with Crippen LogP contribution in [0.5, 0.6) is 0 Å². The second-order valence-electron chi connectivity index (χ2n) is 6.95. The molecular formula is C21H20N6. The summed E-state index contributed by atoms with van der Waals surface area (Å²) in [5.74, 6) is 0.342. The topological polar surface area (TPSA) is 71.2 Å². The molecule has 5 rings (SSSR count). The van der Waals surface area contributed by atoms with Gasteiger partial charge in [0.05, 0.1) is 24.2 Å². The molecule has 0 spiro atoms. The standard InChI is InChI=1S/C21H20N6/c1-7-26-27(9-1)14-16-4-2-15(3-5-16)10-20-21-18(6-8-22-20)19(13-23-21)17-11-24-25-12-17/h1-5,7,9,11-13,18H,6,8,10,14H2,(H,24,25)/t18-/m0/s1. The van der Waals surface area contributed by atoms with Crippen LogP contribution in [0.4, 0.5) is 0 Å². The Balaban J connectivity index is 1.29. The van der Waals surface area contributed by atoms with Crippen LogP contribution in [0.2, 0.25) is 0 Å². The van der Waals surface area contributed by atoms with Gasteiger partial charge in [-0.2, -0.15) is 10.2 Å². The first-order chi connectivity index (χ1) is 13.4. The summed E-state index contributed by atoms with van der Waals surface area (Å²) in [6.45, 7) is 1.65. The van der Waals surface area contributed by atoms with E-state index in [0.29, 0.717) is 5.92 Å². The summed E-state index contributed by atoms with van der Waals surface area (Å²) in [4.78, 5) is 9.49. The van der Waals surface area contributed by atoms with Crippen molar-refractivity contribution in [3.05, 3.63) is 78.0 Å². The molecule has 1 N–H and O–H groups in total. The lowest BCUT2D eigenvalue weighted by Gasteiger charge is -2.22. The molecule has 2 aliphatic heterocycles. The third-order valence-corrected chi connectivity index (χ3v) is 5.19. The third-order valence-electron chi connectivity index (χ3n) is 5.19. The van der Waals surface area contributed by atoms with E-state index in [2.05, 4.69) is 39.6 Å². The Kier molecular flexibility index (Phi) is 4.01. The molecule has 2 aliphatic rings. The summed E-state index contributed by atoms with van der Waals surface area (Å²) in [6.07, 6.45) is 11.4. The van der Waals surface area contributed by atoms with Crippen LogP contribution in [-0.2, 0) is 13.0 Å². The predicted octanol–water partition coefficient (Wildman–Crippen LogP) is 3.15. The number of hydrogen-bond donors (Lipinski definition) is 1. The number of rotatable bonds is 5. The fourth-order valence-electron chi connectivity index (χ4n) is 3.81. The van der Waals surface area contributed by atoms with E-state index in [1.165, 1.54) is 16.7 Å². The average molecular weight is 356 g/mol. The number of fused-ring (bicyclic) bond motifs is 1. The van der Waals surface area contributed by atoms with Gasteiger partial charge in [-0.25, -0.2) is 0 Å². The molecule has 0 fully saturated rings. The third kappa shape index (κ3) is 3.14. The van der Waals surface area contributed by atoms with Crippen molar-refractivity contribution >= 4 is 17.0 Å². The number of H-pyrrole nitrogens is 1. The van der Waals surface area contributed by atoms with Crippen molar-refractivity contribution in [2.45, 2.75) is 19.4 Å². The number of nitrogens with one attached hydrogen (secondary N) is 1. The Morgan fingerprint density at radius 2 is 2.04 bits per heavy atom. The Morgan fingerprint density at radius 3 is 2.81 bits per heavy atom. The van der Waals surface area contributed by atoms with Gasteiger partial charge in [0, 0.05) is 49.2 Å². The highest BCUT2D eigenvalue weighted by Gasteiger charge is 2.31. The van der Waals surface area contributed by atoms with E-state index in [1.54, 1.807) is 6.20 Å². The molecule has 0 bridgehead atoms. The van der Waals surface area contributed by atoms with Crippen molar-refractivity contribution in [1.29, 1.82) is 0 Å². The summed E-state index contributed by atoms with van der Waals surface area (Å²) in [7, 11) is 0. The lowest BCUT2D eigenvalue weighted by molar-refractivity contribution is 0.687. The first kappa shape index (κ1) is 15.9. The molecule has 0 saturated carbocycles. The number of aliphatic imine (C=N–C) groups is 2. The first-order valence-corrected chi connectivity index (χ1v) is 9.23. The van der Waals surface area contributed by atoms with Crippen LogP contribution in [0.1, 0.15) is 23.1 Å². The highest BCUT2D eigenvalue weighted by molar-refractivity contribution is 6.46. The monoisotopic (exact) mass is 356 g/mol. The fourth-order valence-corrected chi connectivity index (χ4v) is 3.81. The van der Waals surface area contributed by atoms with Gasteiger partial charge in [-0.3, -0.25) is 19.8 Å². The largest absolute Gasteiger partial charge is 0.287 e. The van der Waals surface area contributed by atoms with E-state index in [-0.39, 0.29) is 0 Å². The van der Waals surface area contributed by atoms with Crippen LogP contribution < -0.4 is 0 Å². The molecule has 3 aromatic rings. The molecule has 1 atom stereocenters. The van der Waals surface area contributed by atoms with Gasteiger partial charge in [0.15, 0.2) is 0 Å². The Bertz CT molecular complexity index is 1010. The van der Waals surface area contributed by atoms with E-state index in [1.807, 2.05) is 35.5 Å². The highest BCUT2D eigenvalue weighted by Crippen LogP contribution is 2.34. The summed E-state index contributed by atoms with van der Waals surface area (Å²) in [5, 5.41) is 11.2. The van der Waals surface area contributed by atoms with Crippen molar-refractivity contribution in [2.24, 2.45) is 15.9 Å². The number of aromatic amines is 1. The molecule has 0 unspecified atom stereocenters. The van der Waals surface area contributed by atoms with Crippen molar-refractivity contribution in [2.75, 3.05) is 6.54 Å². The molecule has 1 aromatic carbocycles. The highest BCUT2D eigenvalue weighted by atomic mass is 15.3. The van der Waals surface area contributed by atoms with Gasteiger partial charge in [-0.1, -0.05) is 24.3 Å². The molecule has 0 aliphatic carbocycles. The van der Waals surface area contributed by atoms with Crippen LogP contribution in [0.3, 0.4) is 0 Å². The Morgan fingerprint density at radius 1 is 1.15 bits per heavy atom. The van der Waals surface area contributed by atoms with Crippen LogP contribution in [0.25, 0.3) is 5.57 Å². The van der Waals surface area contributed by atoms with Crippen LogP contribution in [0, 0.1) is 5.92 Å². The van der Waals surface area contributed by atoms with Crippen LogP contribution >= 0.6 is 0 Å². The first-order valence-electron chi connectivity index (χ1n) is 9.23. The summed E-state index contributed by atoms with van der Waals surface area (Å²) in [6, 6.07) is 10.7. The van der Waals surface area contributed by atoms with Crippen molar-refractivity contribution in [3.63, 3.8) is 0 Å². The smallest absolute Gasteiger partial charge is 0.0693 e. The summed E-state index contributed by atoms with van der Waals surface area (Å²) in [5.41, 5.74) is 7.12. The zero-order valence-corrected chi connectivity index (χ0v) is 14.9. The summed E-state index contributed by atoms with van der Waals surface area (Å²) >= 11 is 0. The minimum absolute atomic E-state index is 0.342. The molecule has 134 valence electrons. The van der Waals surface area contributed by atoms with Crippen LogP contribution in [-0.4, -0.2) is 37.9 Å². The van der Waals surface area contributed by atoms with Crippen molar-refractivity contribution < 1.29 is 0 Å².